The molecule has 0 aromatic rings. The van der Waals surface area contributed by atoms with E-state index in [-0.39, 0.29) is 18.8 Å². The van der Waals surface area contributed by atoms with Crippen molar-refractivity contribution in [2.24, 2.45) is 17.4 Å². The number of unbranched alkanes of at least 4 members (excludes halogenated alkanes) is 1. The summed E-state index contributed by atoms with van der Waals surface area (Å²) in [4.78, 5) is 59.3. The minimum atomic E-state index is -1.46. The predicted octanol–water partition coefficient (Wildman–Crippen LogP) is -2.51. The van der Waals surface area contributed by atoms with Crippen molar-refractivity contribution < 1.29 is 39.3 Å². The van der Waals surface area contributed by atoms with Gasteiger partial charge in [0.15, 0.2) is 0 Å². The van der Waals surface area contributed by atoms with E-state index in [0.717, 1.165) is 0 Å². The average molecular weight is 462 g/mol. The minimum Gasteiger partial charge on any atom is -0.481 e. The Morgan fingerprint density at radius 1 is 0.844 bits per heavy atom. The van der Waals surface area contributed by atoms with Gasteiger partial charge in [0, 0.05) is 0 Å². The Balaban J connectivity index is 5.19. The number of aliphatic carboxylic acids is 2. The third kappa shape index (κ3) is 11.6. The van der Waals surface area contributed by atoms with Crippen LogP contribution in [-0.4, -0.2) is 82.3 Å². The fourth-order valence-corrected chi connectivity index (χ4v) is 2.75. The van der Waals surface area contributed by atoms with Gasteiger partial charge in [-0.1, -0.05) is 13.8 Å². The fourth-order valence-electron chi connectivity index (χ4n) is 2.75. The van der Waals surface area contributed by atoms with E-state index in [1.165, 1.54) is 0 Å². The van der Waals surface area contributed by atoms with Gasteiger partial charge in [-0.15, -0.1) is 0 Å². The van der Waals surface area contributed by atoms with Crippen molar-refractivity contribution in [3.8, 4) is 0 Å². The second-order valence-corrected chi connectivity index (χ2v) is 7.82. The molecule has 3 amide bonds. The van der Waals surface area contributed by atoms with E-state index in [4.69, 9.17) is 16.6 Å². The lowest BCUT2D eigenvalue weighted by atomic mass is 10.0. The van der Waals surface area contributed by atoms with E-state index in [0.29, 0.717) is 19.4 Å². The monoisotopic (exact) mass is 461 g/mol. The van der Waals surface area contributed by atoms with Gasteiger partial charge < -0.3 is 42.7 Å². The minimum absolute atomic E-state index is 0.0675. The normalized spacial score (nSPS) is 14.7. The first-order chi connectivity index (χ1) is 14.9. The first-order valence-electron chi connectivity index (χ1n) is 10.3. The molecule has 0 aliphatic rings. The molecule has 13 heteroatoms. The standard InChI is InChI=1S/C19H35N5O8/c1-10(2)7-13(23-16(28)11(21)8-15(26)27)17(29)24-14(9-25)18(30)22-12(19(31)32)5-3-4-6-20/h10-14,25H,3-9,20-21H2,1-2H3,(H,22,30)(H,23,28)(H,24,29)(H,26,27)(H,31,32). The van der Waals surface area contributed by atoms with E-state index in [1.807, 2.05) is 0 Å². The molecule has 184 valence electrons. The van der Waals surface area contributed by atoms with Gasteiger partial charge in [0.1, 0.15) is 18.1 Å². The van der Waals surface area contributed by atoms with E-state index >= 15 is 0 Å². The molecule has 0 heterocycles. The van der Waals surface area contributed by atoms with Gasteiger partial charge in [-0.05, 0) is 38.1 Å². The maximum absolute atomic E-state index is 12.7. The zero-order valence-electron chi connectivity index (χ0n) is 18.4. The fraction of sp³-hybridized carbons (Fsp3) is 0.737. The summed E-state index contributed by atoms with van der Waals surface area (Å²) in [5.74, 6) is -5.19. The number of carbonyl (C=O) groups is 5. The van der Waals surface area contributed by atoms with E-state index in [1.54, 1.807) is 13.8 Å². The molecule has 0 fully saturated rings. The van der Waals surface area contributed by atoms with Crippen LogP contribution in [0.3, 0.4) is 0 Å². The van der Waals surface area contributed by atoms with E-state index < -0.39 is 66.9 Å². The number of nitrogens with one attached hydrogen (secondary N) is 3. The third-order valence-electron chi connectivity index (χ3n) is 4.45. The number of carboxylic acids is 2. The lowest BCUT2D eigenvalue weighted by Gasteiger charge is -2.25. The van der Waals surface area contributed by atoms with Crippen LogP contribution in [0.15, 0.2) is 0 Å². The van der Waals surface area contributed by atoms with E-state index in [2.05, 4.69) is 16.0 Å². The summed E-state index contributed by atoms with van der Waals surface area (Å²) < 4.78 is 0. The molecule has 4 atom stereocenters. The smallest absolute Gasteiger partial charge is 0.326 e. The van der Waals surface area contributed by atoms with Crippen LogP contribution in [0.1, 0.15) is 46.0 Å². The molecule has 0 saturated carbocycles. The summed E-state index contributed by atoms with van der Waals surface area (Å²) in [5.41, 5.74) is 10.9. The Labute approximate surface area is 186 Å². The first-order valence-corrected chi connectivity index (χ1v) is 10.3. The van der Waals surface area contributed by atoms with Crippen LogP contribution in [0.4, 0.5) is 0 Å². The van der Waals surface area contributed by atoms with Gasteiger partial charge in [0.25, 0.3) is 0 Å². The molecule has 0 radical (unpaired) electrons. The number of rotatable bonds is 16. The summed E-state index contributed by atoms with van der Waals surface area (Å²) in [6.07, 6.45) is 0.666. The van der Waals surface area contributed by atoms with Crippen LogP contribution in [0.25, 0.3) is 0 Å². The Hall–Kier alpha value is -2.77. The Bertz CT molecular complexity index is 658. The molecule has 0 bridgehead atoms. The summed E-state index contributed by atoms with van der Waals surface area (Å²) in [6.45, 7) is 3.11. The number of carboxylic acid groups (broad SMARTS) is 2. The number of nitrogens with two attached hydrogens (primary N) is 2. The van der Waals surface area contributed by atoms with Gasteiger partial charge in [-0.3, -0.25) is 19.2 Å². The molecular formula is C19H35N5O8. The molecule has 0 spiro atoms. The lowest BCUT2D eigenvalue weighted by Crippen LogP contribution is -2.58. The zero-order chi connectivity index (χ0) is 24.8. The van der Waals surface area contributed by atoms with Crippen molar-refractivity contribution >= 4 is 29.7 Å². The van der Waals surface area contributed by atoms with Gasteiger partial charge in [-0.25, -0.2) is 4.79 Å². The van der Waals surface area contributed by atoms with Crippen LogP contribution in [0, 0.1) is 5.92 Å². The Kier molecular flexibility index (Phi) is 13.8. The highest BCUT2D eigenvalue weighted by atomic mass is 16.4. The van der Waals surface area contributed by atoms with Gasteiger partial charge in [0.05, 0.1) is 19.1 Å². The molecule has 13 nitrogen and oxygen atoms in total. The van der Waals surface area contributed by atoms with Crippen LogP contribution in [-0.2, 0) is 24.0 Å². The quantitative estimate of drug-likeness (QED) is 0.112. The summed E-state index contributed by atoms with van der Waals surface area (Å²) in [7, 11) is 0. The van der Waals surface area contributed by atoms with Crippen molar-refractivity contribution in [2.75, 3.05) is 13.2 Å². The first kappa shape index (κ1) is 29.2. The van der Waals surface area contributed by atoms with Gasteiger partial charge in [0.2, 0.25) is 17.7 Å². The summed E-state index contributed by atoms with van der Waals surface area (Å²) in [5, 5.41) is 34.5. The molecule has 0 aliphatic heterocycles. The largest absolute Gasteiger partial charge is 0.481 e. The molecule has 0 aliphatic carbocycles. The van der Waals surface area contributed by atoms with Crippen molar-refractivity contribution in [1.82, 2.24) is 16.0 Å². The maximum Gasteiger partial charge on any atom is 0.326 e. The van der Waals surface area contributed by atoms with Crippen molar-refractivity contribution in [3.63, 3.8) is 0 Å². The van der Waals surface area contributed by atoms with Gasteiger partial charge >= 0.3 is 11.9 Å². The van der Waals surface area contributed by atoms with Crippen molar-refractivity contribution in [1.29, 1.82) is 0 Å². The predicted molar refractivity (Wildman–Crippen MR) is 113 cm³/mol. The molecule has 0 rings (SSSR count). The number of hydrogen-bond donors (Lipinski definition) is 8. The maximum atomic E-state index is 12.7. The topological polar surface area (TPSA) is 234 Å². The number of amides is 3. The number of aliphatic hydroxyl groups excluding tert-OH is 1. The number of carbonyl (C=O) groups excluding carboxylic acids is 3. The highest BCUT2D eigenvalue weighted by Gasteiger charge is 2.30. The van der Waals surface area contributed by atoms with Crippen LogP contribution in [0.5, 0.6) is 0 Å². The van der Waals surface area contributed by atoms with Crippen LogP contribution in [0.2, 0.25) is 0 Å². The van der Waals surface area contributed by atoms with Crippen molar-refractivity contribution in [2.45, 2.75) is 70.1 Å². The summed E-state index contributed by atoms with van der Waals surface area (Å²) in [6, 6.07) is -5.21. The second kappa shape index (κ2) is 15.1. The Morgan fingerprint density at radius 2 is 1.38 bits per heavy atom. The molecule has 0 aromatic carbocycles. The Morgan fingerprint density at radius 3 is 1.84 bits per heavy atom. The molecule has 10 N–H and O–H groups in total. The SMILES string of the molecule is CC(C)CC(NC(=O)C(N)CC(=O)O)C(=O)NC(CO)C(=O)NC(CCCCN)C(=O)O. The second-order valence-electron chi connectivity index (χ2n) is 7.82. The molecule has 32 heavy (non-hydrogen) atoms. The molecule has 0 aromatic heterocycles. The molecule has 4 unspecified atom stereocenters. The number of aliphatic hydroxyl groups is 1. The number of hydrogen-bond acceptors (Lipinski definition) is 8. The third-order valence-corrected chi connectivity index (χ3v) is 4.45. The average Bonchev–Trinajstić information content (AvgIpc) is 2.69. The molecular weight excluding hydrogens is 426 g/mol. The highest BCUT2D eigenvalue weighted by Crippen LogP contribution is 2.07. The molecule has 0 saturated heterocycles. The highest BCUT2D eigenvalue weighted by molar-refractivity contribution is 5.94. The van der Waals surface area contributed by atoms with Crippen LogP contribution < -0.4 is 27.4 Å². The van der Waals surface area contributed by atoms with E-state index in [9.17, 15) is 34.2 Å². The lowest BCUT2D eigenvalue weighted by molar-refractivity contribution is -0.142. The van der Waals surface area contributed by atoms with Gasteiger partial charge in [-0.2, -0.15) is 0 Å². The zero-order valence-corrected chi connectivity index (χ0v) is 18.4. The van der Waals surface area contributed by atoms with Crippen LogP contribution >= 0.6 is 0 Å². The van der Waals surface area contributed by atoms with Crippen molar-refractivity contribution in [3.05, 3.63) is 0 Å². The summed E-state index contributed by atoms with van der Waals surface area (Å²) >= 11 is 0.